The van der Waals surface area contributed by atoms with Crippen molar-refractivity contribution in [2.45, 2.75) is 106 Å². The quantitative estimate of drug-likeness (QED) is 0.0898. The van der Waals surface area contributed by atoms with Crippen molar-refractivity contribution in [3.63, 3.8) is 0 Å². The maximum absolute atomic E-state index is 13.7. The van der Waals surface area contributed by atoms with Crippen LogP contribution in [0.4, 0.5) is 5.69 Å². The van der Waals surface area contributed by atoms with Crippen LogP contribution in [-0.2, 0) is 28.7 Å². The van der Waals surface area contributed by atoms with Gasteiger partial charge >= 0.3 is 17.9 Å². The van der Waals surface area contributed by atoms with Crippen LogP contribution in [-0.4, -0.2) is 51.5 Å². The van der Waals surface area contributed by atoms with Crippen LogP contribution in [0.1, 0.15) is 111 Å². The summed E-state index contributed by atoms with van der Waals surface area (Å²) < 4.78 is 6.25. The lowest BCUT2D eigenvalue weighted by Gasteiger charge is -2.70. The number of carboxylic acids is 2. The van der Waals surface area contributed by atoms with Crippen LogP contribution < -0.4 is 5.32 Å². The van der Waals surface area contributed by atoms with E-state index in [2.05, 4.69) is 52.9 Å². The van der Waals surface area contributed by atoms with Gasteiger partial charge in [0.1, 0.15) is 18.1 Å². The number of nitrogens with one attached hydrogen (secondary N) is 1. The van der Waals surface area contributed by atoms with E-state index in [-0.39, 0.29) is 52.0 Å². The summed E-state index contributed by atoms with van der Waals surface area (Å²) in [6, 6.07) is 4.19. The fourth-order valence-electron chi connectivity index (χ4n) is 12.1. The molecule has 1 aromatic carbocycles. The van der Waals surface area contributed by atoms with Gasteiger partial charge in [-0.05, 0) is 116 Å². The Kier molecular flexibility index (Phi) is 9.64. The standard InChI is InChI=1S/C43H55NO9/c1-38(2)19-20-42(37(51)52)21-22-43(25-53-36(50)14-7-26-23-27(45)8-10-30(26)44-34(47)12-13-35(48)49)28(29(42)24-38)9-11-32-40(5)17-16-33(46)39(3,4)31(40)15-18-41(32,43)6/h7-10,12-14,23,29,31-32,45H,11,15-22,24-25H2,1-6H3,(H,44,47)(H,48,49)(H,51,52)/b13-12+,14-7+/t29?,31?,32?,40-,41+,42-,43-/m0/s1. The van der Waals surface area contributed by atoms with E-state index < -0.39 is 40.1 Å². The second kappa shape index (κ2) is 13.3. The molecule has 53 heavy (non-hydrogen) atoms. The Labute approximate surface area is 312 Å². The first-order valence-corrected chi connectivity index (χ1v) is 19.1. The highest BCUT2D eigenvalue weighted by Crippen LogP contribution is 2.75. The lowest BCUT2D eigenvalue weighted by Crippen LogP contribution is -2.66. The van der Waals surface area contributed by atoms with Crippen molar-refractivity contribution in [3.8, 4) is 5.75 Å². The number of fused-ring (bicyclic) bond motifs is 7. The van der Waals surface area contributed by atoms with Crippen molar-refractivity contribution < 1.29 is 44.0 Å². The number of carboxylic acid groups (broad SMARTS) is 2. The van der Waals surface area contributed by atoms with Gasteiger partial charge in [-0.3, -0.25) is 14.4 Å². The lowest BCUT2D eigenvalue weighted by molar-refractivity contribution is -0.202. The van der Waals surface area contributed by atoms with Crippen LogP contribution in [0.15, 0.2) is 48.1 Å². The van der Waals surface area contributed by atoms with E-state index in [1.807, 2.05) is 0 Å². The number of rotatable bonds is 8. The fourth-order valence-corrected chi connectivity index (χ4v) is 12.1. The number of phenolic OH excluding ortho intramolecular Hbond substituents is 1. The number of aromatic hydroxyl groups is 1. The number of aliphatic carboxylic acids is 2. The molecule has 0 radical (unpaired) electrons. The summed E-state index contributed by atoms with van der Waals surface area (Å²) in [6.45, 7) is 13.5. The monoisotopic (exact) mass is 729 g/mol. The topological polar surface area (TPSA) is 167 Å². The molecule has 5 aliphatic carbocycles. The van der Waals surface area contributed by atoms with Crippen molar-refractivity contribution in [1.29, 1.82) is 0 Å². The third-order valence-electron chi connectivity index (χ3n) is 15.0. The third-order valence-corrected chi connectivity index (χ3v) is 15.0. The number of hydrogen-bond donors (Lipinski definition) is 4. The number of esters is 1. The second-order valence-corrected chi connectivity index (χ2v) is 18.4. The van der Waals surface area contributed by atoms with Gasteiger partial charge in [-0.1, -0.05) is 53.2 Å². The average Bonchev–Trinajstić information content (AvgIpc) is 3.08. The van der Waals surface area contributed by atoms with E-state index in [0.717, 1.165) is 50.2 Å². The summed E-state index contributed by atoms with van der Waals surface area (Å²) >= 11 is 0. The van der Waals surface area contributed by atoms with Crippen LogP contribution >= 0.6 is 0 Å². The van der Waals surface area contributed by atoms with Gasteiger partial charge in [0.05, 0.1) is 5.41 Å². The zero-order valence-electron chi connectivity index (χ0n) is 31.9. The van der Waals surface area contributed by atoms with Gasteiger partial charge < -0.3 is 25.4 Å². The van der Waals surface area contributed by atoms with E-state index >= 15 is 0 Å². The first-order chi connectivity index (χ1) is 24.7. The van der Waals surface area contributed by atoms with E-state index in [0.29, 0.717) is 43.1 Å². The first-order valence-electron chi connectivity index (χ1n) is 19.1. The molecule has 10 heteroatoms. The average molecular weight is 730 g/mol. The number of ether oxygens (including phenoxy) is 1. The highest BCUT2D eigenvalue weighted by molar-refractivity contribution is 6.03. The molecule has 4 saturated carbocycles. The summed E-state index contributed by atoms with van der Waals surface area (Å²) in [4.78, 5) is 63.4. The minimum atomic E-state index is -1.28. The number of carbonyl (C=O) groups excluding carboxylic acids is 3. The molecule has 3 unspecified atom stereocenters. The summed E-state index contributed by atoms with van der Waals surface area (Å²) in [5.41, 5.74) is -0.670. The largest absolute Gasteiger partial charge is 0.508 e. The Bertz CT molecular complexity index is 1820. The van der Waals surface area contributed by atoms with Gasteiger partial charge in [0.25, 0.3) is 0 Å². The summed E-state index contributed by atoms with van der Waals surface area (Å²) in [5, 5.41) is 32.5. The van der Waals surface area contributed by atoms with Crippen LogP contribution in [0.3, 0.4) is 0 Å². The Balaban J connectivity index is 1.36. The lowest BCUT2D eigenvalue weighted by atomic mass is 9.33. The molecule has 0 spiro atoms. The molecule has 10 nitrogen and oxygen atoms in total. The Morgan fingerprint density at radius 2 is 1.62 bits per heavy atom. The maximum atomic E-state index is 13.7. The van der Waals surface area contributed by atoms with Gasteiger partial charge in [0, 0.05) is 46.7 Å². The number of benzene rings is 1. The normalized spacial score (nSPS) is 35.6. The van der Waals surface area contributed by atoms with Crippen LogP contribution in [0.5, 0.6) is 5.75 Å². The van der Waals surface area contributed by atoms with Crippen molar-refractivity contribution >= 4 is 41.4 Å². The SMILES string of the molecule is CC1(C)CC[C@]2(C(=O)O)CC[C@]3(COC(=O)/C=C/c4cc(O)ccc4NC(=O)/C=C/C(=O)O)C(=CCC4[C@@]5(C)CCC(=O)C(C)(C)C5CC[C@]43C)C2C1. The molecular weight excluding hydrogens is 674 g/mol. The van der Waals surface area contributed by atoms with Gasteiger partial charge in [-0.15, -0.1) is 0 Å². The molecule has 4 fully saturated rings. The number of amides is 1. The van der Waals surface area contributed by atoms with Crippen LogP contribution in [0.2, 0.25) is 0 Å². The molecule has 0 bridgehead atoms. The smallest absolute Gasteiger partial charge is 0.330 e. The molecule has 0 aliphatic heterocycles. The molecule has 4 N–H and O–H groups in total. The molecule has 7 atom stereocenters. The van der Waals surface area contributed by atoms with E-state index in [9.17, 15) is 34.2 Å². The highest BCUT2D eigenvalue weighted by atomic mass is 16.5. The van der Waals surface area contributed by atoms with Gasteiger partial charge in [-0.25, -0.2) is 9.59 Å². The van der Waals surface area contributed by atoms with E-state index in [1.54, 1.807) is 0 Å². The van der Waals surface area contributed by atoms with E-state index in [1.165, 1.54) is 30.4 Å². The van der Waals surface area contributed by atoms with Crippen LogP contribution in [0, 0.1) is 50.2 Å². The Morgan fingerprint density at radius 1 is 0.906 bits per heavy atom. The van der Waals surface area contributed by atoms with E-state index in [4.69, 9.17) is 9.84 Å². The molecule has 6 rings (SSSR count). The van der Waals surface area contributed by atoms with Gasteiger partial charge in [0.15, 0.2) is 0 Å². The molecule has 0 saturated heterocycles. The van der Waals surface area contributed by atoms with Crippen molar-refractivity contribution in [2.24, 2.45) is 50.2 Å². The molecular formula is C43H55NO9. The van der Waals surface area contributed by atoms with Crippen LogP contribution in [0.25, 0.3) is 6.08 Å². The number of anilines is 1. The minimum Gasteiger partial charge on any atom is -0.508 e. The second-order valence-electron chi connectivity index (χ2n) is 18.4. The summed E-state index contributed by atoms with van der Waals surface area (Å²) in [5.74, 6) is -2.84. The first kappa shape index (κ1) is 38.5. The maximum Gasteiger partial charge on any atom is 0.330 e. The molecule has 5 aliphatic rings. The molecule has 286 valence electrons. The number of phenols is 1. The van der Waals surface area contributed by atoms with Crippen molar-refractivity contribution in [3.05, 3.63) is 53.6 Å². The number of hydrogen-bond acceptors (Lipinski definition) is 7. The zero-order chi connectivity index (χ0) is 38.8. The summed E-state index contributed by atoms with van der Waals surface area (Å²) in [6.07, 6.45) is 13.8. The number of ketones is 1. The zero-order valence-corrected chi connectivity index (χ0v) is 31.9. The molecule has 1 amide bonds. The predicted octanol–water partition coefficient (Wildman–Crippen LogP) is 7.96. The molecule has 1 aromatic rings. The number of Topliss-reactive ketones (excluding diaryl/α,β-unsaturated/α-hetero) is 1. The van der Waals surface area contributed by atoms with Crippen molar-refractivity contribution in [1.82, 2.24) is 0 Å². The highest BCUT2D eigenvalue weighted by Gasteiger charge is 2.71. The van der Waals surface area contributed by atoms with Gasteiger partial charge in [0.2, 0.25) is 5.91 Å². The number of carbonyl (C=O) groups is 5. The fraction of sp³-hybridized carbons (Fsp3) is 0.605. The predicted molar refractivity (Wildman–Crippen MR) is 200 cm³/mol. The number of allylic oxidation sites excluding steroid dienone is 1. The van der Waals surface area contributed by atoms with Gasteiger partial charge in [-0.2, -0.15) is 0 Å². The Morgan fingerprint density at radius 3 is 2.32 bits per heavy atom. The Hall–Kier alpha value is -4.21. The molecule has 0 heterocycles. The molecule has 0 aromatic heterocycles. The minimum absolute atomic E-state index is 0.0418. The van der Waals surface area contributed by atoms with Crippen molar-refractivity contribution in [2.75, 3.05) is 11.9 Å². The summed E-state index contributed by atoms with van der Waals surface area (Å²) in [7, 11) is 0. The third kappa shape index (κ3) is 6.33.